The number of nitrogen functional groups attached to an aromatic ring is 1. The highest BCUT2D eigenvalue weighted by molar-refractivity contribution is 6.32. The number of hydrogen-bond acceptors (Lipinski definition) is 3. The predicted octanol–water partition coefficient (Wildman–Crippen LogP) is 3.49. The van der Waals surface area contributed by atoms with Crippen molar-refractivity contribution in [2.75, 3.05) is 11.1 Å². The molecule has 0 bridgehead atoms. The van der Waals surface area contributed by atoms with Gasteiger partial charge in [0.1, 0.15) is 0 Å². The Balaban J connectivity index is 2.33. The maximum absolute atomic E-state index is 12.3. The lowest BCUT2D eigenvalue weighted by atomic mass is 10.0. The number of anilines is 2. The molecular formula is C15H16ClN3O. The van der Waals surface area contributed by atoms with Crippen molar-refractivity contribution in [3.05, 3.63) is 51.8 Å². The normalized spacial score (nSPS) is 10.4. The largest absolute Gasteiger partial charge is 0.398 e. The Morgan fingerprint density at radius 3 is 2.60 bits per heavy atom. The van der Waals surface area contributed by atoms with Crippen molar-refractivity contribution in [2.24, 2.45) is 0 Å². The van der Waals surface area contributed by atoms with Gasteiger partial charge >= 0.3 is 0 Å². The van der Waals surface area contributed by atoms with Crippen LogP contribution in [0.25, 0.3) is 0 Å². The summed E-state index contributed by atoms with van der Waals surface area (Å²) >= 11 is 5.97. The Morgan fingerprint density at radius 2 is 1.90 bits per heavy atom. The summed E-state index contributed by atoms with van der Waals surface area (Å²) in [5.74, 6) is -0.247. The van der Waals surface area contributed by atoms with Gasteiger partial charge in [-0.25, -0.2) is 4.98 Å². The molecule has 2 aromatic rings. The number of benzene rings is 1. The standard InChI is InChI=1S/C15H16ClN3O/c1-8-4-13(14(16)18-7-8)19-15(20)11-6-12(17)10(3)5-9(11)2/h4-7H,17H2,1-3H3,(H,19,20). The Morgan fingerprint density at radius 1 is 1.20 bits per heavy atom. The van der Waals surface area contributed by atoms with Gasteiger partial charge in [0, 0.05) is 17.4 Å². The van der Waals surface area contributed by atoms with Crippen LogP contribution in [0, 0.1) is 20.8 Å². The fourth-order valence-electron chi connectivity index (χ4n) is 1.94. The van der Waals surface area contributed by atoms with E-state index in [-0.39, 0.29) is 11.1 Å². The zero-order valence-electron chi connectivity index (χ0n) is 11.6. The van der Waals surface area contributed by atoms with Gasteiger partial charge in [0.15, 0.2) is 5.15 Å². The fraction of sp³-hybridized carbons (Fsp3) is 0.200. The molecule has 1 amide bonds. The molecule has 4 nitrogen and oxygen atoms in total. The molecule has 0 spiro atoms. The molecular weight excluding hydrogens is 274 g/mol. The third kappa shape index (κ3) is 2.91. The fourth-order valence-corrected chi connectivity index (χ4v) is 2.09. The molecule has 0 aliphatic carbocycles. The molecule has 0 radical (unpaired) electrons. The topological polar surface area (TPSA) is 68.0 Å². The first-order chi connectivity index (χ1) is 9.38. The number of carbonyl (C=O) groups is 1. The van der Waals surface area contributed by atoms with Crippen LogP contribution in [-0.4, -0.2) is 10.9 Å². The van der Waals surface area contributed by atoms with Crippen LogP contribution in [0.3, 0.4) is 0 Å². The molecule has 1 aromatic heterocycles. The molecule has 0 saturated heterocycles. The second-order valence-electron chi connectivity index (χ2n) is 4.83. The molecule has 2 rings (SSSR count). The number of nitrogens with zero attached hydrogens (tertiary/aromatic N) is 1. The second-order valence-corrected chi connectivity index (χ2v) is 5.19. The maximum Gasteiger partial charge on any atom is 0.256 e. The molecule has 104 valence electrons. The summed E-state index contributed by atoms with van der Waals surface area (Å²) < 4.78 is 0. The van der Waals surface area contributed by atoms with E-state index in [0.29, 0.717) is 16.9 Å². The van der Waals surface area contributed by atoms with E-state index in [2.05, 4.69) is 10.3 Å². The molecule has 0 aliphatic rings. The summed E-state index contributed by atoms with van der Waals surface area (Å²) in [7, 11) is 0. The van der Waals surface area contributed by atoms with E-state index in [1.807, 2.05) is 26.8 Å². The average molecular weight is 290 g/mol. The van der Waals surface area contributed by atoms with Gasteiger partial charge in [0.05, 0.1) is 5.69 Å². The summed E-state index contributed by atoms with van der Waals surface area (Å²) in [6, 6.07) is 5.34. The van der Waals surface area contributed by atoms with Gasteiger partial charge < -0.3 is 11.1 Å². The van der Waals surface area contributed by atoms with Crippen molar-refractivity contribution in [3.8, 4) is 0 Å². The third-order valence-electron chi connectivity index (χ3n) is 3.08. The summed E-state index contributed by atoms with van der Waals surface area (Å²) in [5.41, 5.74) is 10.2. The van der Waals surface area contributed by atoms with E-state index in [0.717, 1.165) is 16.7 Å². The van der Waals surface area contributed by atoms with Crippen LogP contribution in [0.5, 0.6) is 0 Å². The zero-order chi connectivity index (χ0) is 14.9. The molecule has 1 aromatic carbocycles. The summed E-state index contributed by atoms with van der Waals surface area (Å²) in [6.07, 6.45) is 1.65. The van der Waals surface area contributed by atoms with Crippen LogP contribution in [-0.2, 0) is 0 Å². The lowest BCUT2D eigenvalue weighted by molar-refractivity contribution is 0.102. The lowest BCUT2D eigenvalue weighted by Gasteiger charge is -2.11. The van der Waals surface area contributed by atoms with Gasteiger partial charge in [-0.3, -0.25) is 4.79 Å². The van der Waals surface area contributed by atoms with E-state index in [4.69, 9.17) is 17.3 Å². The van der Waals surface area contributed by atoms with Crippen molar-refractivity contribution in [1.29, 1.82) is 0 Å². The molecule has 0 saturated carbocycles. The molecule has 3 N–H and O–H groups in total. The number of aryl methyl sites for hydroxylation is 3. The van der Waals surface area contributed by atoms with Gasteiger partial charge in [-0.05, 0) is 49.6 Å². The Bertz CT molecular complexity index is 683. The number of amides is 1. The molecule has 5 heteroatoms. The first-order valence-electron chi connectivity index (χ1n) is 6.18. The van der Waals surface area contributed by atoms with E-state index in [9.17, 15) is 4.79 Å². The predicted molar refractivity (Wildman–Crippen MR) is 82.3 cm³/mol. The van der Waals surface area contributed by atoms with E-state index in [1.165, 1.54) is 0 Å². The lowest BCUT2D eigenvalue weighted by Crippen LogP contribution is -2.15. The quantitative estimate of drug-likeness (QED) is 0.657. The molecule has 20 heavy (non-hydrogen) atoms. The van der Waals surface area contributed by atoms with Gasteiger partial charge in [-0.15, -0.1) is 0 Å². The number of halogens is 1. The van der Waals surface area contributed by atoms with Crippen LogP contribution >= 0.6 is 11.6 Å². The van der Waals surface area contributed by atoms with Crippen molar-refractivity contribution in [3.63, 3.8) is 0 Å². The highest BCUT2D eigenvalue weighted by atomic mass is 35.5. The SMILES string of the molecule is Cc1cnc(Cl)c(NC(=O)c2cc(N)c(C)cc2C)c1. The summed E-state index contributed by atoms with van der Waals surface area (Å²) in [5, 5.41) is 3.03. The monoisotopic (exact) mass is 289 g/mol. The van der Waals surface area contributed by atoms with Crippen molar-refractivity contribution >= 4 is 28.9 Å². The molecule has 1 heterocycles. The molecule has 0 unspecified atom stereocenters. The number of carbonyl (C=O) groups excluding carboxylic acids is 1. The van der Waals surface area contributed by atoms with Crippen LogP contribution in [0.1, 0.15) is 27.0 Å². The smallest absolute Gasteiger partial charge is 0.256 e. The van der Waals surface area contributed by atoms with E-state index < -0.39 is 0 Å². The minimum atomic E-state index is -0.247. The van der Waals surface area contributed by atoms with Crippen LogP contribution in [0.4, 0.5) is 11.4 Å². The first-order valence-corrected chi connectivity index (χ1v) is 6.56. The number of hydrogen-bond donors (Lipinski definition) is 2. The van der Waals surface area contributed by atoms with Crippen LogP contribution in [0.15, 0.2) is 24.4 Å². The Labute approximate surface area is 123 Å². The molecule has 0 fully saturated rings. The van der Waals surface area contributed by atoms with Gasteiger partial charge in [0.2, 0.25) is 0 Å². The van der Waals surface area contributed by atoms with E-state index in [1.54, 1.807) is 18.3 Å². The summed E-state index contributed by atoms with van der Waals surface area (Å²) in [4.78, 5) is 16.3. The zero-order valence-corrected chi connectivity index (χ0v) is 12.4. The third-order valence-corrected chi connectivity index (χ3v) is 3.38. The molecule has 0 atom stereocenters. The van der Waals surface area contributed by atoms with Crippen molar-refractivity contribution < 1.29 is 4.79 Å². The minimum Gasteiger partial charge on any atom is -0.398 e. The highest BCUT2D eigenvalue weighted by Gasteiger charge is 2.13. The number of rotatable bonds is 2. The highest BCUT2D eigenvalue weighted by Crippen LogP contribution is 2.23. The van der Waals surface area contributed by atoms with Gasteiger partial charge in [-0.1, -0.05) is 17.7 Å². The van der Waals surface area contributed by atoms with Crippen molar-refractivity contribution in [1.82, 2.24) is 4.98 Å². The number of nitrogens with one attached hydrogen (secondary N) is 1. The van der Waals surface area contributed by atoms with Crippen LogP contribution < -0.4 is 11.1 Å². The number of pyridine rings is 1. The Hall–Kier alpha value is -2.07. The van der Waals surface area contributed by atoms with Gasteiger partial charge in [0.25, 0.3) is 5.91 Å². The van der Waals surface area contributed by atoms with Gasteiger partial charge in [-0.2, -0.15) is 0 Å². The van der Waals surface area contributed by atoms with Crippen molar-refractivity contribution in [2.45, 2.75) is 20.8 Å². The summed E-state index contributed by atoms with van der Waals surface area (Å²) in [6.45, 7) is 5.66. The first kappa shape index (κ1) is 14.3. The maximum atomic E-state index is 12.3. The molecule has 0 aliphatic heterocycles. The average Bonchev–Trinajstić information content (AvgIpc) is 2.38. The Kier molecular flexibility index (Phi) is 3.95. The number of nitrogens with two attached hydrogens (primary N) is 1. The van der Waals surface area contributed by atoms with E-state index >= 15 is 0 Å². The second kappa shape index (κ2) is 5.51. The minimum absolute atomic E-state index is 0.247. The van der Waals surface area contributed by atoms with Crippen LogP contribution in [0.2, 0.25) is 5.15 Å². The number of aromatic nitrogens is 1.